The second-order valence-corrected chi connectivity index (χ2v) is 6.97. The predicted octanol–water partition coefficient (Wildman–Crippen LogP) is 2.08. The molecule has 0 aliphatic carbocycles. The van der Waals surface area contributed by atoms with Crippen LogP contribution >= 0.6 is 0 Å². The van der Waals surface area contributed by atoms with E-state index in [9.17, 15) is 4.79 Å². The molecule has 7 nitrogen and oxygen atoms in total. The third kappa shape index (κ3) is 4.04. The standard InChI is InChI=1S/C19H29N5O2/c1-4-16(5-2)20-19(25)15-6-7-17-21-22-18(24(17)13-15)14-8-9-23(12-14)10-11-26-3/h6-7,13-14,16H,4-5,8-12H2,1-3H3,(H,20,25). The second kappa shape index (κ2) is 8.60. The van der Waals surface area contributed by atoms with Gasteiger partial charge >= 0.3 is 0 Å². The van der Waals surface area contributed by atoms with Crippen LogP contribution in [0.3, 0.4) is 0 Å². The lowest BCUT2D eigenvalue weighted by molar-refractivity contribution is 0.0934. The fourth-order valence-electron chi connectivity index (χ4n) is 3.55. The molecular weight excluding hydrogens is 330 g/mol. The van der Waals surface area contributed by atoms with Crippen LogP contribution in [0, 0.1) is 0 Å². The molecule has 0 saturated carbocycles. The molecule has 3 heterocycles. The third-order valence-electron chi connectivity index (χ3n) is 5.26. The maximum atomic E-state index is 12.6. The average Bonchev–Trinajstić information content (AvgIpc) is 3.30. The van der Waals surface area contributed by atoms with Crippen LogP contribution in [0.25, 0.3) is 5.65 Å². The van der Waals surface area contributed by atoms with Crippen molar-refractivity contribution in [1.29, 1.82) is 0 Å². The Kier molecular flexibility index (Phi) is 6.21. The van der Waals surface area contributed by atoms with E-state index in [2.05, 4.69) is 34.3 Å². The number of hydrogen-bond donors (Lipinski definition) is 1. The number of amides is 1. The Balaban J connectivity index is 1.77. The number of fused-ring (bicyclic) bond motifs is 1. The van der Waals surface area contributed by atoms with Gasteiger partial charge in [0, 0.05) is 38.4 Å². The van der Waals surface area contributed by atoms with Gasteiger partial charge in [-0.25, -0.2) is 0 Å². The topological polar surface area (TPSA) is 71.8 Å². The highest BCUT2D eigenvalue weighted by molar-refractivity contribution is 5.94. The molecule has 0 radical (unpaired) electrons. The van der Waals surface area contributed by atoms with E-state index in [-0.39, 0.29) is 11.9 Å². The molecule has 3 rings (SSSR count). The van der Waals surface area contributed by atoms with Crippen molar-refractivity contribution in [2.75, 3.05) is 33.4 Å². The molecule has 2 aromatic rings. The van der Waals surface area contributed by atoms with Crippen LogP contribution in [0.15, 0.2) is 18.3 Å². The normalized spacial score (nSPS) is 18.1. The van der Waals surface area contributed by atoms with Crippen LogP contribution < -0.4 is 5.32 Å². The van der Waals surface area contributed by atoms with Gasteiger partial charge in [-0.05, 0) is 37.9 Å². The van der Waals surface area contributed by atoms with E-state index in [1.807, 2.05) is 22.7 Å². The first kappa shape index (κ1) is 18.8. The molecule has 2 aromatic heterocycles. The van der Waals surface area contributed by atoms with Gasteiger partial charge in [0.15, 0.2) is 5.65 Å². The Bertz CT molecular complexity index is 741. The molecule has 142 valence electrons. The lowest BCUT2D eigenvalue weighted by Crippen LogP contribution is -2.33. The summed E-state index contributed by atoms with van der Waals surface area (Å²) in [5.41, 5.74) is 1.44. The monoisotopic (exact) mass is 359 g/mol. The molecular formula is C19H29N5O2. The van der Waals surface area contributed by atoms with Gasteiger partial charge in [-0.1, -0.05) is 13.8 Å². The molecule has 1 N–H and O–H groups in total. The van der Waals surface area contributed by atoms with E-state index in [4.69, 9.17) is 4.74 Å². The SMILES string of the molecule is CCC(CC)NC(=O)c1ccc2nnc(C3CCN(CCOC)C3)n2c1. The smallest absolute Gasteiger partial charge is 0.252 e. The number of pyridine rings is 1. The number of rotatable bonds is 8. The highest BCUT2D eigenvalue weighted by atomic mass is 16.5. The van der Waals surface area contributed by atoms with E-state index in [1.54, 1.807) is 7.11 Å². The number of aromatic nitrogens is 3. The van der Waals surface area contributed by atoms with Gasteiger partial charge in [0.25, 0.3) is 5.91 Å². The van der Waals surface area contributed by atoms with Crippen LogP contribution in [0.1, 0.15) is 55.2 Å². The number of likely N-dealkylation sites (tertiary alicyclic amines) is 1. The van der Waals surface area contributed by atoms with Gasteiger partial charge in [-0.3, -0.25) is 9.20 Å². The van der Waals surface area contributed by atoms with Crippen molar-refractivity contribution >= 4 is 11.6 Å². The summed E-state index contributed by atoms with van der Waals surface area (Å²) in [4.78, 5) is 14.9. The summed E-state index contributed by atoms with van der Waals surface area (Å²) in [5.74, 6) is 1.24. The minimum atomic E-state index is -0.0339. The summed E-state index contributed by atoms with van der Waals surface area (Å²) < 4.78 is 7.15. The summed E-state index contributed by atoms with van der Waals surface area (Å²) in [6, 6.07) is 3.91. The van der Waals surface area contributed by atoms with Crippen molar-refractivity contribution in [3.63, 3.8) is 0 Å². The number of carbonyl (C=O) groups is 1. The predicted molar refractivity (Wildman–Crippen MR) is 100 cm³/mol. The first-order valence-corrected chi connectivity index (χ1v) is 9.53. The minimum absolute atomic E-state index is 0.0339. The molecule has 1 unspecified atom stereocenters. The summed E-state index contributed by atoms with van der Waals surface area (Å²) >= 11 is 0. The van der Waals surface area contributed by atoms with E-state index < -0.39 is 0 Å². The van der Waals surface area contributed by atoms with Gasteiger partial charge in [0.1, 0.15) is 5.82 Å². The van der Waals surface area contributed by atoms with Crippen LogP contribution in [0.5, 0.6) is 0 Å². The van der Waals surface area contributed by atoms with Gasteiger partial charge < -0.3 is 15.0 Å². The zero-order chi connectivity index (χ0) is 18.5. The quantitative estimate of drug-likeness (QED) is 0.781. The summed E-state index contributed by atoms with van der Waals surface area (Å²) in [6.45, 7) is 7.85. The molecule has 0 bridgehead atoms. The maximum Gasteiger partial charge on any atom is 0.252 e. The van der Waals surface area contributed by atoms with Crippen LogP contribution in [0.4, 0.5) is 0 Å². The molecule has 1 atom stereocenters. The molecule has 0 spiro atoms. The van der Waals surface area contributed by atoms with Crippen LogP contribution in [-0.2, 0) is 4.74 Å². The highest BCUT2D eigenvalue weighted by Crippen LogP contribution is 2.26. The maximum absolute atomic E-state index is 12.6. The average molecular weight is 359 g/mol. The first-order valence-electron chi connectivity index (χ1n) is 9.53. The van der Waals surface area contributed by atoms with E-state index in [0.717, 1.165) is 57.0 Å². The molecule has 1 aliphatic heterocycles. The Morgan fingerprint density at radius 2 is 2.15 bits per heavy atom. The summed E-state index contributed by atoms with van der Waals surface area (Å²) in [6.07, 6.45) is 4.79. The van der Waals surface area contributed by atoms with Gasteiger partial charge in [0.2, 0.25) is 0 Å². The highest BCUT2D eigenvalue weighted by Gasteiger charge is 2.27. The lowest BCUT2D eigenvalue weighted by Gasteiger charge is -2.15. The first-order chi connectivity index (χ1) is 12.7. The molecule has 1 saturated heterocycles. The number of methoxy groups -OCH3 is 1. The minimum Gasteiger partial charge on any atom is -0.383 e. The molecule has 1 amide bonds. The van der Waals surface area contributed by atoms with Crippen molar-refractivity contribution in [2.45, 2.75) is 45.1 Å². The van der Waals surface area contributed by atoms with Gasteiger partial charge in [-0.2, -0.15) is 0 Å². The Hall–Kier alpha value is -1.99. The number of nitrogens with zero attached hydrogens (tertiary/aromatic N) is 4. The zero-order valence-electron chi connectivity index (χ0n) is 15.9. The Morgan fingerprint density at radius 3 is 2.88 bits per heavy atom. The van der Waals surface area contributed by atoms with Crippen molar-refractivity contribution in [3.05, 3.63) is 29.7 Å². The molecule has 1 aliphatic rings. The van der Waals surface area contributed by atoms with E-state index in [0.29, 0.717) is 11.5 Å². The van der Waals surface area contributed by atoms with Crippen molar-refractivity contribution in [2.24, 2.45) is 0 Å². The zero-order valence-corrected chi connectivity index (χ0v) is 15.9. The number of hydrogen-bond acceptors (Lipinski definition) is 5. The number of carbonyl (C=O) groups excluding carboxylic acids is 1. The molecule has 0 aromatic carbocycles. The fraction of sp³-hybridized carbons (Fsp3) is 0.632. The van der Waals surface area contributed by atoms with Gasteiger partial charge in [-0.15, -0.1) is 10.2 Å². The van der Waals surface area contributed by atoms with Crippen molar-refractivity contribution in [1.82, 2.24) is 24.8 Å². The van der Waals surface area contributed by atoms with Crippen molar-refractivity contribution < 1.29 is 9.53 Å². The molecule has 26 heavy (non-hydrogen) atoms. The van der Waals surface area contributed by atoms with Crippen molar-refractivity contribution in [3.8, 4) is 0 Å². The van der Waals surface area contributed by atoms with Crippen LogP contribution in [-0.4, -0.2) is 64.8 Å². The Morgan fingerprint density at radius 1 is 1.35 bits per heavy atom. The fourth-order valence-corrected chi connectivity index (χ4v) is 3.55. The van der Waals surface area contributed by atoms with E-state index >= 15 is 0 Å². The van der Waals surface area contributed by atoms with E-state index in [1.165, 1.54) is 0 Å². The largest absolute Gasteiger partial charge is 0.383 e. The van der Waals surface area contributed by atoms with Gasteiger partial charge in [0.05, 0.1) is 12.2 Å². The lowest BCUT2D eigenvalue weighted by atomic mass is 10.1. The summed E-state index contributed by atoms with van der Waals surface area (Å²) in [5, 5.41) is 11.8. The van der Waals surface area contributed by atoms with Crippen LogP contribution in [0.2, 0.25) is 0 Å². The number of ether oxygens (including phenoxy) is 1. The second-order valence-electron chi connectivity index (χ2n) is 6.97. The molecule has 1 fully saturated rings. The summed E-state index contributed by atoms with van der Waals surface area (Å²) in [7, 11) is 1.73. The Labute approximate surface area is 154 Å². The number of nitrogens with one attached hydrogen (secondary N) is 1. The molecule has 7 heteroatoms. The third-order valence-corrected chi connectivity index (χ3v) is 5.26.